The number of aromatic nitrogens is 3. The number of non-ortho nitro benzene ring substituents is 1. The van der Waals surface area contributed by atoms with Gasteiger partial charge in [-0.15, -0.1) is 0 Å². The first-order valence-corrected chi connectivity index (χ1v) is 10.4. The fraction of sp³-hybridized carbons (Fsp3) is 0.0833. The molecule has 10 heteroatoms. The van der Waals surface area contributed by atoms with E-state index in [1.165, 1.54) is 12.1 Å². The number of benzene rings is 3. The summed E-state index contributed by atoms with van der Waals surface area (Å²) in [6, 6.07) is 23.5. The average molecular weight is 454 g/mol. The van der Waals surface area contributed by atoms with Gasteiger partial charge in [0.2, 0.25) is 17.8 Å². The number of hydrazone groups is 1. The van der Waals surface area contributed by atoms with E-state index >= 15 is 0 Å². The fourth-order valence-electron chi connectivity index (χ4n) is 3.04. The Morgan fingerprint density at radius 2 is 1.44 bits per heavy atom. The Bertz CT molecular complexity index is 1320. The van der Waals surface area contributed by atoms with Crippen molar-refractivity contribution in [1.29, 1.82) is 0 Å². The van der Waals surface area contributed by atoms with Gasteiger partial charge < -0.3 is 10.6 Å². The smallest absolute Gasteiger partial charge is 0.269 e. The van der Waals surface area contributed by atoms with Gasteiger partial charge in [0.1, 0.15) is 0 Å². The summed E-state index contributed by atoms with van der Waals surface area (Å²) in [5.74, 6) is 0.782. The molecule has 0 atom stereocenters. The van der Waals surface area contributed by atoms with Gasteiger partial charge in [-0.05, 0) is 43.2 Å². The van der Waals surface area contributed by atoms with Crippen LogP contribution in [0.25, 0.3) is 0 Å². The van der Waals surface area contributed by atoms with Gasteiger partial charge in [-0.25, -0.2) is 5.43 Å². The highest BCUT2D eigenvalue weighted by atomic mass is 16.6. The Balaban J connectivity index is 1.62. The molecular weight excluding hydrogens is 432 g/mol. The number of aryl methyl sites for hydroxylation is 1. The minimum atomic E-state index is -0.452. The second-order valence-corrected chi connectivity index (χ2v) is 7.35. The van der Waals surface area contributed by atoms with Crippen molar-refractivity contribution in [3.63, 3.8) is 0 Å². The number of nitro benzene ring substituents is 1. The number of nitrogens with zero attached hydrogens (tertiary/aromatic N) is 5. The monoisotopic (exact) mass is 454 g/mol. The molecule has 34 heavy (non-hydrogen) atoms. The summed E-state index contributed by atoms with van der Waals surface area (Å²) in [4.78, 5) is 23.7. The zero-order valence-electron chi connectivity index (χ0n) is 18.6. The molecule has 0 saturated carbocycles. The number of para-hydroxylation sites is 1. The summed E-state index contributed by atoms with van der Waals surface area (Å²) >= 11 is 0. The number of rotatable bonds is 8. The van der Waals surface area contributed by atoms with Gasteiger partial charge in [-0.2, -0.15) is 20.1 Å². The van der Waals surface area contributed by atoms with E-state index < -0.39 is 4.92 Å². The second kappa shape index (κ2) is 10.2. The second-order valence-electron chi connectivity index (χ2n) is 7.35. The van der Waals surface area contributed by atoms with E-state index in [-0.39, 0.29) is 17.6 Å². The molecule has 0 unspecified atom stereocenters. The van der Waals surface area contributed by atoms with Crippen molar-refractivity contribution in [1.82, 2.24) is 15.0 Å². The van der Waals surface area contributed by atoms with Crippen LogP contribution in [0.2, 0.25) is 0 Å². The zero-order chi connectivity index (χ0) is 23.9. The molecule has 0 spiro atoms. The molecule has 0 saturated heterocycles. The van der Waals surface area contributed by atoms with Crippen molar-refractivity contribution >= 4 is 40.6 Å². The van der Waals surface area contributed by atoms with Crippen LogP contribution in [0.1, 0.15) is 18.1 Å². The predicted molar refractivity (Wildman–Crippen MR) is 133 cm³/mol. The molecule has 4 rings (SSSR count). The molecule has 1 heterocycles. The van der Waals surface area contributed by atoms with Crippen LogP contribution in [-0.4, -0.2) is 25.6 Å². The van der Waals surface area contributed by atoms with Gasteiger partial charge in [0.15, 0.2) is 0 Å². The molecule has 0 aliphatic carbocycles. The Morgan fingerprint density at radius 3 is 2.12 bits per heavy atom. The van der Waals surface area contributed by atoms with Crippen molar-refractivity contribution in [3.8, 4) is 0 Å². The lowest BCUT2D eigenvalue weighted by Gasteiger charge is -2.11. The third kappa shape index (κ3) is 5.68. The lowest BCUT2D eigenvalue weighted by atomic mass is 10.1. The highest BCUT2D eigenvalue weighted by Crippen LogP contribution is 2.22. The fourth-order valence-corrected chi connectivity index (χ4v) is 3.04. The van der Waals surface area contributed by atoms with E-state index in [0.29, 0.717) is 11.6 Å². The van der Waals surface area contributed by atoms with Crippen molar-refractivity contribution in [3.05, 3.63) is 100 Å². The van der Waals surface area contributed by atoms with Crippen molar-refractivity contribution < 1.29 is 4.92 Å². The number of hydrogen-bond acceptors (Lipinski definition) is 9. The Kier molecular flexibility index (Phi) is 6.68. The van der Waals surface area contributed by atoms with Crippen molar-refractivity contribution in [2.45, 2.75) is 13.8 Å². The largest absolute Gasteiger partial charge is 0.324 e. The number of anilines is 5. The third-order valence-corrected chi connectivity index (χ3v) is 4.88. The van der Waals surface area contributed by atoms with E-state index in [2.05, 4.69) is 36.1 Å². The van der Waals surface area contributed by atoms with Gasteiger partial charge in [0.05, 0.1) is 10.6 Å². The van der Waals surface area contributed by atoms with Crippen LogP contribution in [-0.2, 0) is 0 Å². The van der Waals surface area contributed by atoms with Crippen LogP contribution in [0.3, 0.4) is 0 Å². The summed E-state index contributed by atoms with van der Waals surface area (Å²) in [7, 11) is 0. The van der Waals surface area contributed by atoms with Crippen LogP contribution in [0.4, 0.5) is 34.9 Å². The summed E-state index contributed by atoms with van der Waals surface area (Å²) in [5, 5.41) is 21.6. The summed E-state index contributed by atoms with van der Waals surface area (Å²) in [6.07, 6.45) is 0. The third-order valence-electron chi connectivity index (χ3n) is 4.88. The number of nitrogens with one attached hydrogen (secondary N) is 3. The molecule has 3 aromatic carbocycles. The first-order valence-electron chi connectivity index (χ1n) is 10.4. The first kappa shape index (κ1) is 22.3. The number of hydrogen-bond donors (Lipinski definition) is 3. The first-order chi connectivity index (χ1) is 16.5. The molecular formula is C24H22N8O2. The Labute approximate surface area is 196 Å². The maximum absolute atomic E-state index is 10.9. The van der Waals surface area contributed by atoms with E-state index in [0.717, 1.165) is 22.5 Å². The Morgan fingerprint density at radius 1 is 0.824 bits per heavy atom. The lowest BCUT2D eigenvalue weighted by molar-refractivity contribution is -0.384. The SMILES string of the molecule is CC(=NNc1nc(Nc2ccc([N+](=O)[O-])cc2)nc(Nc2ccccc2C)n1)c1ccccc1. The average Bonchev–Trinajstić information content (AvgIpc) is 2.85. The van der Waals surface area contributed by atoms with Crippen LogP contribution >= 0.6 is 0 Å². The van der Waals surface area contributed by atoms with Crippen molar-refractivity contribution in [2.24, 2.45) is 5.10 Å². The molecule has 10 nitrogen and oxygen atoms in total. The molecule has 3 N–H and O–H groups in total. The van der Waals surface area contributed by atoms with Gasteiger partial charge >= 0.3 is 0 Å². The van der Waals surface area contributed by atoms with E-state index in [1.807, 2.05) is 68.4 Å². The highest BCUT2D eigenvalue weighted by Gasteiger charge is 2.10. The van der Waals surface area contributed by atoms with E-state index in [4.69, 9.17) is 0 Å². The maximum atomic E-state index is 10.9. The molecule has 0 aliphatic rings. The molecule has 0 fully saturated rings. The van der Waals surface area contributed by atoms with Gasteiger partial charge in [-0.3, -0.25) is 10.1 Å². The summed E-state index contributed by atoms with van der Waals surface area (Å²) in [5.41, 5.74) is 7.09. The standard InChI is InChI=1S/C24H22N8O2/c1-16-8-6-7-11-21(16)26-23-27-22(25-19-12-14-20(15-13-19)32(33)34)28-24(29-23)31-30-17(2)18-9-4-3-5-10-18/h3-15H,1-2H3,(H3,25,26,27,28,29,31). The van der Waals surface area contributed by atoms with Crippen LogP contribution in [0.5, 0.6) is 0 Å². The maximum Gasteiger partial charge on any atom is 0.269 e. The minimum absolute atomic E-state index is 0.00353. The molecule has 1 aromatic heterocycles. The summed E-state index contributed by atoms with van der Waals surface area (Å²) in [6.45, 7) is 3.86. The van der Waals surface area contributed by atoms with Crippen molar-refractivity contribution in [2.75, 3.05) is 16.1 Å². The van der Waals surface area contributed by atoms with Crippen LogP contribution < -0.4 is 16.1 Å². The van der Waals surface area contributed by atoms with Gasteiger partial charge in [0, 0.05) is 23.5 Å². The highest BCUT2D eigenvalue weighted by molar-refractivity contribution is 5.98. The van der Waals surface area contributed by atoms with Gasteiger partial charge in [-0.1, -0.05) is 48.5 Å². The van der Waals surface area contributed by atoms with Crippen LogP contribution in [0.15, 0.2) is 84.0 Å². The van der Waals surface area contributed by atoms with E-state index in [1.54, 1.807) is 12.1 Å². The minimum Gasteiger partial charge on any atom is -0.324 e. The van der Waals surface area contributed by atoms with Gasteiger partial charge in [0.25, 0.3) is 5.69 Å². The molecule has 0 bridgehead atoms. The quantitative estimate of drug-likeness (QED) is 0.183. The van der Waals surface area contributed by atoms with E-state index in [9.17, 15) is 10.1 Å². The van der Waals surface area contributed by atoms with Crippen LogP contribution in [0, 0.1) is 17.0 Å². The molecule has 170 valence electrons. The lowest BCUT2D eigenvalue weighted by Crippen LogP contribution is -2.08. The molecule has 0 amide bonds. The Hall–Kier alpha value is -4.86. The summed E-state index contributed by atoms with van der Waals surface area (Å²) < 4.78 is 0. The number of nitro groups is 1. The molecule has 0 aliphatic heterocycles. The topological polar surface area (TPSA) is 130 Å². The predicted octanol–water partition coefficient (Wildman–Crippen LogP) is 5.41. The molecule has 0 radical (unpaired) electrons. The normalized spacial score (nSPS) is 11.1. The zero-order valence-corrected chi connectivity index (χ0v) is 18.6. The molecule has 4 aromatic rings.